The van der Waals surface area contributed by atoms with Gasteiger partial charge in [0.05, 0.1) is 24.3 Å². The van der Waals surface area contributed by atoms with Gasteiger partial charge in [0, 0.05) is 79.9 Å². The molecule has 0 spiro atoms. The van der Waals surface area contributed by atoms with E-state index in [1.54, 1.807) is 80.2 Å². The lowest BCUT2D eigenvalue weighted by atomic mass is 9.95. The van der Waals surface area contributed by atoms with Crippen molar-refractivity contribution in [2.75, 3.05) is 44.5 Å². The number of unbranched alkanes of at least 4 members (excludes halogenated alkanes) is 1. The van der Waals surface area contributed by atoms with E-state index < -0.39 is 21.2 Å². The molecule has 0 radical (unpaired) electrons. The highest BCUT2D eigenvalue weighted by atomic mass is 32.2. The van der Waals surface area contributed by atoms with E-state index in [1.807, 2.05) is 0 Å². The lowest BCUT2D eigenvalue weighted by molar-refractivity contribution is -0.154. The Morgan fingerprint density at radius 2 is 1.53 bits per heavy atom. The molecule has 0 saturated carbocycles. The van der Waals surface area contributed by atoms with Crippen LogP contribution in [-0.4, -0.2) is 102 Å². The van der Waals surface area contributed by atoms with Crippen molar-refractivity contribution in [1.29, 1.82) is 0 Å². The first kappa shape index (κ1) is 49.1. The average Bonchev–Trinajstić information content (AvgIpc) is 3.70. The number of carbonyl (C=O) groups is 5. The zero-order chi connectivity index (χ0) is 45.1. The molecule has 334 valence electrons. The average molecular weight is 876 g/mol. The van der Waals surface area contributed by atoms with Gasteiger partial charge < -0.3 is 25.3 Å². The van der Waals surface area contributed by atoms with Crippen LogP contribution >= 0.6 is 0 Å². The van der Waals surface area contributed by atoms with Crippen molar-refractivity contribution in [3.05, 3.63) is 83.9 Å². The number of hydrogen-bond donors (Lipinski definition) is 2. The fourth-order valence-corrected chi connectivity index (χ4v) is 6.41. The van der Waals surface area contributed by atoms with Crippen LogP contribution in [0.15, 0.2) is 72.3 Å². The number of amides is 1. The molecule has 0 unspecified atom stereocenters. The van der Waals surface area contributed by atoms with Crippen molar-refractivity contribution in [3.63, 3.8) is 0 Å². The Morgan fingerprint density at radius 1 is 0.839 bits per heavy atom. The van der Waals surface area contributed by atoms with Crippen LogP contribution in [-0.2, 0) is 62.8 Å². The third-order valence-electron chi connectivity index (χ3n) is 9.48. The van der Waals surface area contributed by atoms with Crippen molar-refractivity contribution in [2.45, 2.75) is 90.4 Å². The molecule has 0 aliphatic rings. The van der Waals surface area contributed by atoms with E-state index in [2.05, 4.69) is 25.6 Å². The number of hydrogen-bond acceptors (Lipinski definition) is 15. The summed E-state index contributed by atoms with van der Waals surface area (Å²) in [5.41, 5.74) is 8.93. The SMILES string of the molecule is CC(C)(C)C(=O)OCc1ccc(NC(=O)[C@H](CCCCN)CC(=O)COCC(=O)CCCOCCn2cc(CCC(=O)c3ccc(-c4cnc(S(C)(=O)=O)nc4)cc3)nn2)cc1. The molecule has 4 aromatic rings. The first-order valence-electron chi connectivity index (χ1n) is 20.5. The number of sulfone groups is 1. The minimum Gasteiger partial charge on any atom is -0.460 e. The lowest BCUT2D eigenvalue weighted by Crippen LogP contribution is -2.27. The Kier molecular flexibility index (Phi) is 19.1. The standard InChI is InChI=1S/C44H57N7O10S/c1-44(2,3)42(56)61-28-31-10-16-36(17-11-31)48-41(55)34(8-5-6-20-45)24-39(53)30-60-29-38(52)9-7-22-59-23-21-51-27-37(49-50-51)18-19-40(54)33-14-12-32(13-15-33)35-25-46-43(47-26-35)62(4,57)58/h10-17,25-27,34H,5-9,18-24,28-30,45H2,1-4H3,(H,48,55)/t34-/m1/s1. The van der Waals surface area contributed by atoms with Crippen LogP contribution in [0.5, 0.6) is 0 Å². The van der Waals surface area contributed by atoms with Crippen LogP contribution in [0.3, 0.4) is 0 Å². The van der Waals surface area contributed by atoms with Gasteiger partial charge in [-0.15, -0.1) is 5.10 Å². The molecule has 18 heteroatoms. The number of aromatic nitrogens is 5. The molecule has 17 nitrogen and oxygen atoms in total. The summed E-state index contributed by atoms with van der Waals surface area (Å²) < 4.78 is 41.2. The number of esters is 1. The maximum atomic E-state index is 13.2. The summed E-state index contributed by atoms with van der Waals surface area (Å²) in [5.74, 6) is -1.72. The monoisotopic (exact) mass is 875 g/mol. The van der Waals surface area contributed by atoms with Gasteiger partial charge in [0.1, 0.15) is 19.8 Å². The number of benzene rings is 2. The first-order chi connectivity index (χ1) is 29.5. The minimum atomic E-state index is -3.50. The van der Waals surface area contributed by atoms with Crippen LogP contribution in [0.25, 0.3) is 11.1 Å². The van der Waals surface area contributed by atoms with Gasteiger partial charge in [0.15, 0.2) is 17.3 Å². The topological polar surface area (TPSA) is 242 Å². The van der Waals surface area contributed by atoms with E-state index in [9.17, 15) is 32.4 Å². The lowest BCUT2D eigenvalue weighted by Gasteiger charge is -2.17. The van der Waals surface area contributed by atoms with Gasteiger partial charge in [-0.05, 0) is 69.8 Å². The second-order valence-electron chi connectivity index (χ2n) is 16.0. The molecule has 0 fully saturated rings. The van der Waals surface area contributed by atoms with E-state index in [-0.39, 0.29) is 73.5 Å². The molecule has 0 aliphatic carbocycles. The fraction of sp³-hybridized carbons (Fsp3) is 0.477. The molecule has 3 N–H and O–H groups in total. The Morgan fingerprint density at radius 3 is 2.19 bits per heavy atom. The Bertz CT molecular complexity index is 2200. The highest BCUT2D eigenvalue weighted by molar-refractivity contribution is 7.90. The van der Waals surface area contributed by atoms with Crippen molar-refractivity contribution in [1.82, 2.24) is 25.0 Å². The van der Waals surface area contributed by atoms with Gasteiger partial charge in [-0.3, -0.25) is 24.0 Å². The number of nitrogens with one attached hydrogen (secondary N) is 1. The maximum Gasteiger partial charge on any atom is 0.311 e. The van der Waals surface area contributed by atoms with E-state index in [0.717, 1.165) is 17.4 Å². The molecular weight excluding hydrogens is 819 g/mol. The van der Waals surface area contributed by atoms with Crippen LogP contribution in [0.4, 0.5) is 5.69 Å². The number of nitrogens with two attached hydrogens (primary N) is 1. The second kappa shape index (κ2) is 24.2. The van der Waals surface area contributed by atoms with Crippen LogP contribution in [0.2, 0.25) is 0 Å². The smallest absolute Gasteiger partial charge is 0.311 e. The molecule has 2 heterocycles. The maximum absolute atomic E-state index is 13.2. The summed E-state index contributed by atoms with van der Waals surface area (Å²) in [6.07, 6.45) is 8.80. The minimum absolute atomic E-state index is 0.0358. The summed E-state index contributed by atoms with van der Waals surface area (Å²) in [5, 5.41) is 10.9. The normalized spacial score (nSPS) is 12.1. The number of anilines is 1. The predicted octanol–water partition coefficient (Wildman–Crippen LogP) is 4.77. The molecule has 1 atom stereocenters. The number of ketones is 3. The quantitative estimate of drug-likeness (QED) is 0.0355. The van der Waals surface area contributed by atoms with E-state index in [4.69, 9.17) is 19.9 Å². The number of ether oxygens (including phenoxy) is 3. The van der Waals surface area contributed by atoms with E-state index in [1.165, 1.54) is 12.4 Å². The summed E-state index contributed by atoms with van der Waals surface area (Å²) in [6.45, 7) is 6.55. The third-order valence-corrected chi connectivity index (χ3v) is 10.4. The van der Waals surface area contributed by atoms with Gasteiger partial charge in [-0.25, -0.2) is 23.1 Å². The van der Waals surface area contributed by atoms with Crippen LogP contribution in [0, 0.1) is 11.3 Å². The number of rotatable bonds is 27. The zero-order valence-corrected chi connectivity index (χ0v) is 36.7. The van der Waals surface area contributed by atoms with Crippen LogP contribution in [0.1, 0.15) is 87.3 Å². The van der Waals surface area contributed by atoms with E-state index >= 15 is 0 Å². The summed E-state index contributed by atoms with van der Waals surface area (Å²) in [7, 11) is -3.50. The van der Waals surface area contributed by atoms with Gasteiger partial charge in [-0.1, -0.05) is 48.0 Å². The second-order valence-corrected chi connectivity index (χ2v) is 17.9. The summed E-state index contributed by atoms with van der Waals surface area (Å²) in [6, 6.07) is 13.9. The molecule has 1 amide bonds. The highest BCUT2D eigenvalue weighted by Crippen LogP contribution is 2.22. The van der Waals surface area contributed by atoms with Crippen molar-refractivity contribution in [2.24, 2.45) is 17.1 Å². The Hall–Kier alpha value is -5.56. The molecule has 62 heavy (non-hydrogen) atoms. The van der Waals surface area contributed by atoms with Gasteiger partial charge >= 0.3 is 5.97 Å². The fourth-order valence-electron chi connectivity index (χ4n) is 5.92. The largest absolute Gasteiger partial charge is 0.460 e. The van der Waals surface area contributed by atoms with Gasteiger partial charge in [-0.2, -0.15) is 0 Å². The van der Waals surface area contributed by atoms with E-state index in [0.29, 0.717) is 80.9 Å². The number of nitrogens with zero attached hydrogens (tertiary/aromatic N) is 5. The zero-order valence-electron chi connectivity index (χ0n) is 35.8. The van der Waals surface area contributed by atoms with Crippen molar-refractivity contribution in [3.8, 4) is 11.1 Å². The van der Waals surface area contributed by atoms with Crippen LogP contribution < -0.4 is 11.1 Å². The molecule has 2 aromatic carbocycles. The summed E-state index contributed by atoms with van der Waals surface area (Å²) >= 11 is 0. The molecule has 2 aromatic heterocycles. The third kappa shape index (κ3) is 17.1. The van der Waals surface area contributed by atoms with Gasteiger partial charge in [0.2, 0.25) is 20.9 Å². The van der Waals surface area contributed by atoms with Crippen molar-refractivity contribution >= 4 is 44.8 Å². The number of Topliss-reactive ketones (excluding diaryl/α,β-unsaturated/α-hetero) is 3. The predicted molar refractivity (Wildman–Crippen MR) is 229 cm³/mol. The molecular formula is C44H57N7O10S. The Labute approximate surface area is 362 Å². The number of aryl methyl sites for hydroxylation is 1. The van der Waals surface area contributed by atoms with Gasteiger partial charge in [0.25, 0.3) is 0 Å². The highest BCUT2D eigenvalue weighted by Gasteiger charge is 2.24. The Balaban J connectivity index is 1.07. The first-order valence-corrected chi connectivity index (χ1v) is 22.4. The molecule has 0 aliphatic heterocycles. The van der Waals surface area contributed by atoms with Crippen molar-refractivity contribution < 1.29 is 46.6 Å². The molecule has 0 bridgehead atoms. The summed E-state index contributed by atoms with van der Waals surface area (Å²) in [4.78, 5) is 71.0. The molecule has 0 saturated heterocycles. The number of carbonyl (C=O) groups excluding carboxylic acids is 5. The molecule has 4 rings (SSSR count).